The van der Waals surface area contributed by atoms with Crippen molar-refractivity contribution in [3.63, 3.8) is 0 Å². The van der Waals surface area contributed by atoms with Gasteiger partial charge in [0, 0.05) is 24.7 Å². The molecule has 22 heavy (non-hydrogen) atoms. The number of anilines is 1. The second-order valence-electron chi connectivity index (χ2n) is 5.84. The molecule has 2 aromatic rings. The maximum absolute atomic E-state index is 13.1. The molecular formula is C15H19F3N4. The van der Waals surface area contributed by atoms with Crippen LogP contribution < -0.4 is 5.32 Å². The maximum atomic E-state index is 13.1. The van der Waals surface area contributed by atoms with E-state index in [1.54, 1.807) is 7.05 Å². The molecular weight excluding hydrogens is 293 g/mol. The number of aromatic nitrogens is 3. The minimum absolute atomic E-state index is 0.115. The number of hydrogen-bond donors (Lipinski definition) is 1. The Kier molecular flexibility index (Phi) is 3.74. The SMILES string of the molecule is CCCC(c1cc(NC)n2ncc(C(F)(F)F)c2n1)C1CC1. The monoisotopic (exact) mass is 312 g/mol. The van der Waals surface area contributed by atoms with Gasteiger partial charge in [0.25, 0.3) is 0 Å². The molecule has 1 N–H and O–H groups in total. The van der Waals surface area contributed by atoms with Crippen LogP contribution in [0.4, 0.5) is 19.0 Å². The van der Waals surface area contributed by atoms with Crippen molar-refractivity contribution in [3.8, 4) is 0 Å². The highest BCUT2D eigenvalue weighted by Crippen LogP contribution is 2.45. The lowest BCUT2D eigenvalue weighted by atomic mass is 9.94. The van der Waals surface area contributed by atoms with Gasteiger partial charge in [-0.05, 0) is 25.2 Å². The molecule has 1 atom stereocenters. The van der Waals surface area contributed by atoms with E-state index in [2.05, 4.69) is 22.3 Å². The van der Waals surface area contributed by atoms with Crippen LogP contribution in [-0.4, -0.2) is 21.6 Å². The highest BCUT2D eigenvalue weighted by Gasteiger charge is 2.37. The Morgan fingerprint density at radius 1 is 1.41 bits per heavy atom. The summed E-state index contributed by atoms with van der Waals surface area (Å²) in [5.41, 5.74) is -0.153. The zero-order chi connectivity index (χ0) is 15.9. The molecule has 0 saturated heterocycles. The summed E-state index contributed by atoms with van der Waals surface area (Å²) in [4.78, 5) is 4.33. The number of halogens is 3. The largest absolute Gasteiger partial charge is 0.421 e. The summed E-state index contributed by atoms with van der Waals surface area (Å²) in [6.45, 7) is 2.09. The third kappa shape index (κ3) is 2.64. The molecule has 4 nitrogen and oxygen atoms in total. The summed E-state index contributed by atoms with van der Waals surface area (Å²) in [5, 5.41) is 6.76. The van der Waals surface area contributed by atoms with Crippen LogP contribution in [0.5, 0.6) is 0 Å². The Labute approximate surface area is 126 Å². The number of alkyl halides is 3. The molecule has 3 rings (SSSR count). The van der Waals surface area contributed by atoms with Gasteiger partial charge in [0.15, 0.2) is 5.65 Å². The first kappa shape index (κ1) is 15.1. The molecule has 1 saturated carbocycles. The third-order valence-electron chi connectivity index (χ3n) is 4.22. The number of rotatable bonds is 5. The van der Waals surface area contributed by atoms with Crippen molar-refractivity contribution in [1.29, 1.82) is 0 Å². The minimum Gasteiger partial charge on any atom is -0.373 e. The summed E-state index contributed by atoms with van der Waals surface area (Å²) >= 11 is 0. The zero-order valence-electron chi connectivity index (χ0n) is 12.6. The summed E-state index contributed by atoms with van der Waals surface area (Å²) in [6.07, 6.45) is 0.619. The van der Waals surface area contributed by atoms with E-state index in [-0.39, 0.29) is 11.6 Å². The van der Waals surface area contributed by atoms with Gasteiger partial charge in [-0.2, -0.15) is 22.8 Å². The Hall–Kier alpha value is -1.79. The lowest BCUT2D eigenvalue weighted by molar-refractivity contribution is -0.136. The molecule has 1 unspecified atom stereocenters. The van der Waals surface area contributed by atoms with Crippen molar-refractivity contribution in [2.45, 2.75) is 44.7 Å². The molecule has 0 radical (unpaired) electrons. The number of nitrogens with zero attached hydrogens (tertiary/aromatic N) is 3. The Morgan fingerprint density at radius 2 is 2.14 bits per heavy atom. The summed E-state index contributed by atoms with van der Waals surface area (Å²) in [5.74, 6) is 1.33. The predicted octanol–water partition coefficient (Wildman–Crippen LogP) is 4.08. The Balaban J connectivity index is 2.14. The molecule has 1 fully saturated rings. The molecule has 0 spiro atoms. The topological polar surface area (TPSA) is 42.2 Å². The van der Waals surface area contributed by atoms with Gasteiger partial charge in [-0.1, -0.05) is 13.3 Å². The molecule has 1 aliphatic rings. The molecule has 0 aliphatic heterocycles. The van der Waals surface area contributed by atoms with Gasteiger partial charge in [-0.25, -0.2) is 4.98 Å². The van der Waals surface area contributed by atoms with Gasteiger partial charge >= 0.3 is 6.18 Å². The fourth-order valence-corrected chi connectivity index (χ4v) is 2.98. The molecule has 0 amide bonds. The van der Waals surface area contributed by atoms with E-state index in [1.165, 1.54) is 4.52 Å². The molecule has 2 heterocycles. The van der Waals surface area contributed by atoms with Crippen LogP contribution in [0.15, 0.2) is 12.3 Å². The van der Waals surface area contributed by atoms with E-state index >= 15 is 0 Å². The van der Waals surface area contributed by atoms with Crippen LogP contribution in [0.1, 0.15) is 49.8 Å². The highest BCUT2D eigenvalue weighted by molar-refractivity contribution is 5.55. The molecule has 1 aliphatic carbocycles. The van der Waals surface area contributed by atoms with Gasteiger partial charge in [-0.15, -0.1) is 0 Å². The van der Waals surface area contributed by atoms with Crippen molar-refractivity contribution in [2.24, 2.45) is 5.92 Å². The Morgan fingerprint density at radius 3 is 2.68 bits per heavy atom. The first-order valence-electron chi connectivity index (χ1n) is 7.59. The van der Waals surface area contributed by atoms with Crippen LogP contribution in [0, 0.1) is 5.92 Å². The van der Waals surface area contributed by atoms with Crippen LogP contribution in [0.3, 0.4) is 0 Å². The molecule has 0 aromatic carbocycles. The molecule has 120 valence electrons. The molecule has 2 aromatic heterocycles. The first-order valence-corrected chi connectivity index (χ1v) is 7.59. The quantitative estimate of drug-likeness (QED) is 0.904. The lowest BCUT2D eigenvalue weighted by Gasteiger charge is -2.17. The van der Waals surface area contributed by atoms with Gasteiger partial charge in [-0.3, -0.25) is 0 Å². The molecule has 7 heteroatoms. The highest BCUT2D eigenvalue weighted by atomic mass is 19.4. The standard InChI is InChI=1S/C15H19F3N4/c1-3-4-10(9-5-6-9)12-7-13(19-2)22-14(21-12)11(8-20-22)15(16,17)18/h7-10,19H,3-6H2,1-2H3. The van der Waals surface area contributed by atoms with Gasteiger partial charge in [0.1, 0.15) is 11.4 Å². The fourth-order valence-electron chi connectivity index (χ4n) is 2.98. The van der Waals surface area contributed by atoms with Crippen LogP contribution >= 0.6 is 0 Å². The second-order valence-corrected chi connectivity index (χ2v) is 5.84. The number of hydrogen-bond acceptors (Lipinski definition) is 3. The van der Waals surface area contributed by atoms with E-state index in [0.29, 0.717) is 11.7 Å². The lowest BCUT2D eigenvalue weighted by Crippen LogP contribution is -2.11. The summed E-state index contributed by atoms with van der Waals surface area (Å²) < 4.78 is 40.6. The molecule has 0 bridgehead atoms. The van der Waals surface area contributed by atoms with Crippen LogP contribution in [0.25, 0.3) is 5.65 Å². The van der Waals surface area contributed by atoms with Crippen molar-refractivity contribution >= 4 is 11.5 Å². The van der Waals surface area contributed by atoms with E-state index in [9.17, 15) is 13.2 Å². The normalized spacial score (nSPS) is 17.0. The number of nitrogens with one attached hydrogen (secondary N) is 1. The Bertz CT molecular complexity index is 673. The average molecular weight is 312 g/mol. The van der Waals surface area contributed by atoms with E-state index < -0.39 is 11.7 Å². The third-order valence-corrected chi connectivity index (χ3v) is 4.22. The summed E-state index contributed by atoms with van der Waals surface area (Å²) in [7, 11) is 1.68. The van der Waals surface area contributed by atoms with Crippen molar-refractivity contribution in [2.75, 3.05) is 12.4 Å². The van der Waals surface area contributed by atoms with Gasteiger partial charge in [0.05, 0.1) is 6.20 Å². The van der Waals surface area contributed by atoms with Crippen LogP contribution in [0.2, 0.25) is 0 Å². The maximum Gasteiger partial charge on any atom is 0.421 e. The van der Waals surface area contributed by atoms with Gasteiger partial charge in [0.2, 0.25) is 0 Å². The minimum atomic E-state index is -4.45. The van der Waals surface area contributed by atoms with Crippen molar-refractivity contribution in [3.05, 3.63) is 23.5 Å². The van der Waals surface area contributed by atoms with Crippen molar-refractivity contribution < 1.29 is 13.2 Å². The van der Waals surface area contributed by atoms with Gasteiger partial charge < -0.3 is 5.32 Å². The van der Waals surface area contributed by atoms with Crippen molar-refractivity contribution in [1.82, 2.24) is 14.6 Å². The summed E-state index contributed by atoms with van der Waals surface area (Å²) in [6, 6.07) is 1.83. The fraction of sp³-hybridized carbons (Fsp3) is 0.600. The first-order chi connectivity index (χ1) is 10.5. The van der Waals surface area contributed by atoms with E-state index in [0.717, 1.165) is 37.6 Å². The zero-order valence-corrected chi connectivity index (χ0v) is 12.6. The smallest absolute Gasteiger partial charge is 0.373 e. The predicted molar refractivity (Wildman–Crippen MR) is 77.9 cm³/mol. The number of fused-ring (bicyclic) bond motifs is 1. The van der Waals surface area contributed by atoms with E-state index in [1.807, 2.05) is 6.07 Å². The second kappa shape index (κ2) is 5.44. The van der Waals surface area contributed by atoms with E-state index in [4.69, 9.17) is 0 Å². The van der Waals surface area contributed by atoms with Crippen LogP contribution in [-0.2, 0) is 6.18 Å². The average Bonchev–Trinajstić information content (AvgIpc) is 3.20.